The van der Waals surface area contributed by atoms with Crippen LogP contribution in [-0.4, -0.2) is 60.5 Å². The molecule has 42 heavy (non-hydrogen) atoms. The molecule has 0 aliphatic heterocycles. The van der Waals surface area contributed by atoms with Gasteiger partial charge in [0.05, 0.1) is 37.6 Å². The van der Waals surface area contributed by atoms with Crippen molar-refractivity contribution in [2.45, 2.75) is 104 Å². The van der Waals surface area contributed by atoms with E-state index in [-0.39, 0.29) is 72.3 Å². The molecular weight excluding hydrogens is 566 g/mol. The summed E-state index contributed by atoms with van der Waals surface area (Å²) in [6.07, 6.45) is 12.7. The van der Waals surface area contributed by atoms with Gasteiger partial charge in [0.25, 0.3) is 0 Å². The number of unbranched alkanes of at least 4 members (excludes halogenated alkanes) is 10. The van der Waals surface area contributed by atoms with Gasteiger partial charge in [-0.1, -0.05) is 90.2 Å². The Hall–Kier alpha value is -0.980. The summed E-state index contributed by atoms with van der Waals surface area (Å²) in [5.41, 5.74) is 0.586. The third-order valence-corrected chi connectivity index (χ3v) is 5.46. The van der Waals surface area contributed by atoms with Crippen LogP contribution < -0.4 is 69.3 Å². The average Bonchev–Trinajstić information content (AvgIpc) is 2.95. The van der Waals surface area contributed by atoms with Crippen molar-refractivity contribution >= 4 is 23.9 Å². The monoisotopic (exact) mass is 614 g/mol. The van der Waals surface area contributed by atoms with Gasteiger partial charge in [0, 0.05) is 11.9 Å². The van der Waals surface area contributed by atoms with Crippen molar-refractivity contribution in [3.63, 3.8) is 0 Å². The van der Waals surface area contributed by atoms with E-state index in [0.29, 0.717) is 24.3 Å². The van der Waals surface area contributed by atoms with Crippen molar-refractivity contribution < 1.29 is 108 Å². The molecule has 0 saturated carbocycles. The smallest absolute Gasteiger partial charge is 0.550 e. The molecule has 0 radical (unpaired) electrons. The number of esters is 2. The Morgan fingerprint density at radius 1 is 0.595 bits per heavy atom. The van der Waals surface area contributed by atoms with Crippen molar-refractivity contribution in [2.75, 3.05) is 26.4 Å². The van der Waals surface area contributed by atoms with Gasteiger partial charge in [0.15, 0.2) is 0 Å². The minimum Gasteiger partial charge on any atom is -0.550 e. The summed E-state index contributed by atoms with van der Waals surface area (Å²) < 4.78 is 10.7. The Labute approximate surface area is 295 Å². The van der Waals surface area contributed by atoms with Gasteiger partial charge in [0.2, 0.25) is 0 Å². The Morgan fingerprint density at radius 3 is 1.19 bits per heavy atom. The van der Waals surface area contributed by atoms with E-state index >= 15 is 0 Å². The van der Waals surface area contributed by atoms with E-state index in [4.69, 9.17) is 19.7 Å². The van der Waals surface area contributed by atoms with E-state index in [9.17, 15) is 29.4 Å². The molecule has 0 aromatic heterocycles. The molecule has 0 aliphatic carbocycles. The quantitative estimate of drug-likeness (QED) is 0.0874. The molecule has 1 aromatic rings. The molecule has 0 saturated heterocycles. The van der Waals surface area contributed by atoms with Gasteiger partial charge in [-0.2, -0.15) is 0 Å². The first kappa shape index (κ1) is 47.9. The second-order valence-electron chi connectivity index (χ2n) is 9.04. The normalized spacial score (nSPS) is 9.43. The predicted octanol–water partition coefficient (Wildman–Crippen LogP) is -3.03. The fourth-order valence-corrected chi connectivity index (χ4v) is 3.29. The first-order valence-electron chi connectivity index (χ1n) is 14.3. The number of carboxylic acid groups (broad SMARTS) is 2. The van der Waals surface area contributed by atoms with Gasteiger partial charge in [-0.15, -0.1) is 0 Å². The molecule has 0 amide bonds. The van der Waals surface area contributed by atoms with Crippen LogP contribution in [0.5, 0.6) is 0 Å². The van der Waals surface area contributed by atoms with Crippen molar-refractivity contribution in [1.82, 2.24) is 0 Å². The summed E-state index contributed by atoms with van der Waals surface area (Å²) in [7, 11) is 0. The summed E-state index contributed by atoms with van der Waals surface area (Å²) in [6.45, 7) is 4.92. The zero-order valence-electron chi connectivity index (χ0n) is 26.2. The number of ether oxygens (including phenoxy) is 2. The molecule has 2 N–H and O–H groups in total. The third kappa shape index (κ3) is 31.9. The van der Waals surface area contributed by atoms with E-state index in [0.717, 1.165) is 25.7 Å². The largest absolute Gasteiger partial charge is 1.00 e. The van der Waals surface area contributed by atoms with Gasteiger partial charge in [-0.25, -0.2) is 9.59 Å². The molecule has 0 atom stereocenters. The van der Waals surface area contributed by atoms with Crippen LogP contribution in [0.2, 0.25) is 0 Å². The second kappa shape index (κ2) is 36.2. The zero-order valence-corrected chi connectivity index (χ0v) is 30.2. The summed E-state index contributed by atoms with van der Waals surface area (Å²) >= 11 is 0. The first-order valence-corrected chi connectivity index (χ1v) is 14.3. The Bertz CT molecular complexity index is 741. The number of hydrogen-bond donors (Lipinski definition) is 2. The van der Waals surface area contributed by atoms with Crippen molar-refractivity contribution in [3.05, 3.63) is 35.4 Å². The molecule has 0 bridgehead atoms. The number of carbonyl (C=O) groups excluding carboxylic acids is 4. The van der Waals surface area contributed by atoms with E-state index in [1.807, 2.05) is 0 Å². The van der Waals surface area contributed by atoms with Crippen molar-refractivity contribution in [1.29, 1.82) is 0 Å². The zero-order chi connectivity index (χ0) is 30.4. The Kier molecular flexibility index (Phi) is 41.3. The molecule has 10 nitrogen and oxygen atoms in total. The Morgan fingerprint density at radius 2 is 0.905 bits per heavy atom. The number of carbonyl (C=O) groups is 4. The molecule has 1 aromatic carbocycles. The number of carboxylic acids is 2. The van der Waals surface area contributed by atoms with Crippen molar-refractivity contribution in [3.8, 4) is 0 Å². The summed E-state index contributed by atoms with van der Waals surface area (Å²) in [5.74, 6) is -3.62. The van der Waals surface area contributed by atoms with Crippen LogP contribution in [-0.2, 0) is 19.1 Å². The minimum absolute atomic E-state index is 0. The maximum absolute atomic E-state index is 12.4. The Balaban J connectivity index is -0.000000434. The van der Waals surface area contributed by atoms with Gasteiger partial charge in [-0.05, 0) is 37.8 Å². The van der Waals surface area contributed by atoms with Crippen LogP contribution in [0.3, 0.4) is 0 Å². The maximum Gasteiger partial charge on any atom is 1.00 e. The molecule has 12 heteroatoms. The number of rotatable bonds is 20. The molecule has 0 spiro atoms. The molecule has 0 aliphatic rings. The SMILES string of the molecule is CCCCCCCCOC(=O)c1ccccc1C(=O)OCCCCCCCC.O=C([O-])CCC(=O)[O-].OCCO.[Na+].[Na+]. The van der Waals surface area contributed by atoms with Gasteiger partial charge in [0.1, 0.15) is 0 Å². The number of aliphatic hydroxyl groups excluding tert-OH is 2. The second-order valence-corrected chi connectivity index (χ2v) is 9.04. The fourth-order valence-electron chi connectivity index (χ4n) is 3.29. The maximum atomic E-state index is 12.4. The minimum atomic E-state index is -1.37. The standard InChI is InChI=1S/C24H38O4.C4H6O4.C2H6O2.2Na/c1-3-5-7-9-11-15-19-27-23(25)21-17-13-14-18-22(21)24(26)28-20-16-12-10-8-6-4-2;5-3(6)1-2-4(7)8;3-1-2-4;;/h13-14,17-18H,3-12,15-16,19-20H2,1-2H3;1-2H2,(H,5,6)(H,7,8);3-4H,1-2H2;;/q;;;2*+1/p-2. The fraction of sp³-hybridized carbons (Fsp3) is 0.667. The van der Waals surface area contributed by atoms with Crippen LogP contribution >= 0.6 is 0 Å². The number of aliphatic hydroxyl groups is 2. The van der Waals surface area contributed by atoms with Gasteiger partial charge >= 0.3 is 71.1 Å². The van der Waals surface area contributed by atoms with Gasteiger partial charge < -0.3 is 39.5 Å². The van der Waals surface area contributed by atoms with Crippen LogP contribution in [0, 0.1) is 0 Å². The van der Waals surface area contributed by atoms with Crippen molar-refractivity contribution in [2.24, 2.45) is 0 Å². The van der Waals surface area contributed by atoms with Crippen LogP contribution in [0.15, 0.2) is 24.3 Å². The van der Waals surface area contributed by atoms with Gasteiger partial charge in [-0.3, -0.25) is 0 Å². The summed E-state index contributed by atoms with van der Waals surface area (Å²) in [4.78, 5) is 43.7. The van der Waals surface area contributed by atoms with Crippen LogP contribution in [0.1, 0.15) is 124 Å². The number of hydrogen-bond acceptors (Lipinski definition) is 10. The predicted molar refractivity (Wildman–Crippen MR) is 147 cm³/mol. The molecule has 0 unspecified atom stereocenters. The number of aliphatic carboxylic acids is 2. The summed E-state index contributed by atoms with van der Waals surface area (Å²) in [5, 5.41) is 34.3. The van der Waals surface area contributed by atoms with E-state index < -0.39 is 36.7 Å². The molecule has 230 valence electrons. The molecule has 0 fully saturated rings. The van der Waals surface area contributed by atoms with E-state index in [2.05, 4.69) is 13.8 Å². The average molecular weight is 615 g/mol. The van der Waals surface area contributed by atoms with Crippen LogP contribution in [0.25, 0.3) is 0 Å². The molecule has 0 heterocycles. The number of benzene rings is 1. The molecular formula is C30H48Na2O10. The van der Waals surface area contributed by atoms with E-state index in [1.165, 1.54) is 51.4 Å². The van der Waals surface area contributed by atoms with Crippen LogP contribution in [0.4, 0.5) is 0 Å². The van der Waals surface area contributed by atoms with E-state index in [1.54, 1.807) is 24.3 Å². The summed E-state index contributed by atoms with van der Waals surface area (Å²) in [6, 6.07) is 6.74. The molecule has 1 rings (SSSR count). The first-order chi connectivity index (χ1) is 19.2. The third-order valence-electron chi connectivity index (χ3n) is 5.46. The topological polar surface area (TPSA) is 173 Å².